The number of benzene rings is 2. The maximum atomic E-state index is 13.2. The van der Waals surface area contributed by atoms with Crippen LogP contribution >= 0.6 is 34.5 Å². The lowest BCUT2D eigenvalue weighted by molar-refractivity contribution is 0.182. The summed E-state index contributed by atoms with van der Waals surface area (Å²) in [7, 11) is 0. The molecule has 0 spiro atoms. The fourth-order valence-electron chi connectivity index (χ4n) is 2.21. The second kappa shape index (κ2) is 5.93. The van der Waals surface area contributed by atoms with Gasteiger partial charge in [-0.25, -0.2) is 4.39 Å². The number of aliphatic hydroxyl groups is 1. The van der Waals surface area contributed by atoms with E-state index >= 15 is 0 Å². The second-order valence-corrected chi connectivity index (χ2v) is 6.75. The van der Waals surface area contributed by atoms with Gasteiger partial charge in [0.2, 0.25) is 0 Å². The molecular formula is C16H11Cl2FOS. The minimum absolute atomic E-state index is 0.278. The quantitative estimate of drug-likeness (QED) is 0.655. The molecule has 5 heteroatoms. The minimum atomic E-state index is -0.693. The van der Waals surface area contributed by atoms with Gasteiger partial charge in [-0.15, -0.1) is 11.3 Å². The van der Waals surface area contributed by atoms with Crippen LogP contribution in [-0.2, 0) is 6.42 Å². The molecule has 0 radical (unpaired) electrons. The van der Waals surface area contributed by atoms with Crippen molar-refractivity contribution in [2.24, 2.45) is 0 Å². The molecular weight excluding hydrogens is 330 g/mol. The molecule has 0 aliphatic carbocycles. The number of rotatable bonds is 3. The summed E-state index contributed by atoms with van der Waals surface area (Å²) in [6, 6.07) is 11.6. The Kier molecular flexibility index (Phi) is 4.18. The Morgan fingerprint density at radius 1 is 1.10 bits per heavy atom. The Morgan fingerprint density at radius 3 is 2.71 bits per heavy atom. The highest BCUT2D eigenvalue weighted by atomic mass is 35.5. The Morgan fingerprint density at radius 2 is 1.90 bits per heavy atom. The van der Waals surface area contributed by atoms with Crippen LogP contribution in [-0.4, -0.2) is 5.11 Å². The van der Waals surface area contributed by atoms with Gasteiger partial charge in [0.1, 0.15) is 5.82 Å². The monoisotopic (exact) mass is 340 g/mol. The van der Waals surface area contributed by atoms with Crippen molar-refractivity contribution in [2.45, 2.75) is 12.5 Å². The Bertz CT molecular complexity index is 800. The lowest BCUT2D eigenvalue weighted by Crippen LogP contribution is -2.00. The van der Waals surface area contributed by atoms with E-state index in [2.05, 4.69) is 0 Å². The molecule has 108 valence electrons. The lowest BCUT2D eigenvalue weighted by atomic mass is 10.1. The zero-order valence-electron chi connectivity index (χ0n) is 10.8. The third-order valence-corrected chi connectivity index (χ3v) is 5.07. The van der Waals surface area contributed by atoms with E-state index in [0.29, 0.717) is 16.5 Å². The maximum absolute atomic E-state index is 13.2. The summed E-state index contributed by atoms with van der Waals surface area (Å²) in [5, 5.41) is 12.3. The summed E-state index contributed by atoms with van der Waals surface area (Å²) in [6.07, 6.45) is -0.323. The number of fused-ring (bicyclic) bond motifs is 1. The molecule has 21 heavy (non-hydrogen) atoms. The van der Waals surface area contributed by atoms with E-state index in [1.165, 1.54) is 23.5 Å². The van der Waals surface area contributed by atoms with Crippen LogP contribution in [0.5, 0.6) is 0 Å². The number of hydrogen-bond acceptors (Lipinski definition) is 2. The molecule has 0 aliphatic rings. The van der Waals surface area contributed by atoms with Crippen molar-refractivity contribution in [1.29, 1.82) is 0 Å². The van der Waals surface area contributed by atoms with Gasteiger partial charge in [-0.05, 0) is 53.4 Å². The lowest BCUT2D eigenvalue weighted by Gasteiger charge is -2.10. The third-order valence-electron chi connectivity index (χ3n) is 3.25. The van der Waals surface area contributed by atoms with E-state index in [9.17, 15) is 9.50 Å². The summed E-state index contributed by atoms with van der Waals surface area (Å²) in [5.41, 5.74) is 0.792. The van der Waals surface area contributed by atoms with Crippen LogP contribution in [0.25, 0.3) is 10.1 Å². The fraction of sp³-hybridized carbons (Fsp3) is 0.125. The molecule has 1 aromatic heterocycles. The van der Waals surface area contributed by atoms with Crippen molar-refractivity contribution in [3.05, 3.63) is 68.8 Å². The summed E-state index contributed by atoms with van der Waals surface area (Å²) in [5.74, 6) is -0.278. The van der Waals surface area contributed by atoms with Crippen molar-refractivity contribution in [3.8, 4) is 0 Å². The van der Waals surface area contributed by atoms with Crippen LogP contribution in [0.3, 0.4) is 0 Å². The average Bonchev–Trinajstić information content (AvgIpc) is 2.86. The van der Waals surface area contributed by atoms with E-state index in [1.807, 2.05) is 6.07 Å². The first kappa shape index (κ1) is 14.8. The van der Waals surface area contributed by atoms with Gasteiger partial charge in [0.25, 0.3) is 0 Å². The first-order valence-electron chi connectivity index (χ1n) is 6.34. The average molecular weight is 341 g/mol. The van der Waals surface area contributed by atoms with Crippen molar-refractivity contribution >= 4 is 44.6 Å². The van der Waals surface area contributed by atoms with Gasteiger partial charge in [-0.1, -0.05) is 23.2 Å². The topological polar surface area (TPSA) is 20.2 Å². The van der Waals surface area contributed by atoms with E-state index < -0.39 is 6.10 Å². The molecule has 0 saturated heterocycles. The van der Waals surface area contributed by atoms with Gasteiger partial charge < -0.3 is 5.11 Å². The largest absolute Gasteiger partial charge is 0.387 e. The van der Waals surface area contributed by atoms with Gasteiger partial charge in [0, 0.05) is 26.0 Å². The highest BCUT2D eigenvalue weighted by Gasteiger charge is 2.14. The normalized spacial score (nSPS) is 12.8. The van der Waals surface area contributed by atoms with Crippen LogP contribution in [0, 0.1) is 5.82 Å². The second-order valence-electron chi connectivity index (χ2n) is 4.79. The van der Waals surface area contributed by atoms with Crippen LogP contribution in [0.4, 0.5) is 4.39 Å². The summed E-state index contributed by atoms with van der Waals surface area (Å²) >= 11 is 13.5. The van der Waals surface area contributed by atoms with E-state index in [4.69, 9.17) is 23.2 Å². The minimum Gasteiger partial charge on any atom is -0.387 e. The molecule has 1 nitrogen and oxygen atoms in total. The van der Waals surface area contributed by atoms with Gasteiger partial charge in [-0.3, -0.25) is 0 Å². The van der Waals surface area contributed by atoms with E-state index in [0.717, 1.165) is 20.5 Å². The summed E-state index contributed by atoms with van der Waals surface area (Å²) in [4.78, 5) is 0.784. The Labute approximate surface area is 135 Å². The third kappa shape index (κ3) is 3.22. The number of halogens is 3. The van der Waals surface area contributed by atoms with Gasteiger partial charge >= 0.3 is 0 Å². The van der Waals surface area contributed by atoms with Crippen LogP contribution < -0.4 is 0 Å². The molecule has 1 heterocycles. The van der Waals surface area contributed by atoms with E-state index in [-0.39, 0.29) is 5.82 Å². The zero-order valence-corrected chi connectivity index (χ0v) is 13.1. The van der Waals surface area contributed by atoms with E-state index in [1.54, 1.807) is 24.3 Å². The Hall–Kier alpha value is -1.13. The highest BCUT2D eigenvalue weighted by molar-refractivity contribution is 7.19. The molecule has 1 N–H and O–H groups in total. The van der Waals surface area contributed by atoms with Gasteiger partial charge in [0.05, 0.1) is 6.10 Å². The van der Waals surface area contributed by atoms with Crippen molar-refractivity contribution < 1.29 is 9.50 Å². The molecule has 1 unspecified atom stereocenters. The van der Waals surface area contributed by atoms with Crippen molar-refractivity contribution in [3.63, 3.8) is 0 Å². The number of thiophene rings is 1. The molecule has 3 aromatic rings. The summed E-state index contributed by atoms with van der Waals surface area (Å²) in [6.45, 7) is 0. The molecule has 2 aromatic carbocycles. The van der Waals surface area contributed by atoms with Crippen LogP contribution in [0.15, 0.2) is 42.5 Å². The van der Waals surface area contributed by atoms with Gasteiger partial charge in [0.15, 0.2) is 0 Å². The maximum Gasteiger partial charge on any atom is 0.123 e. The molecule has 0 aliphatic heterocycles. The molecule has 0 fully saturated rings. The van der Waals surface area contributed by atoms with Crippen molar-refractivity contribution in [1.82, 2.24) is 0 Å². The van der Waals surface area contributed by atoms with Crippen LogP contribution in [0.2, 0.25) is 10.0 Å². The summed E-state index contributed by atoms with van der Waals surface area (Å²) < 4.78 is 14.1. The van der Waals surface area contributed by atoms with Crippen molar-refractivity contribution in [2.75, 3.05) is 0 Å². The molecule has 3 rings (SSSR count). The standard InChI is InChI=1S/C16H11Cl2FOS/c17-11-1-3-13(18)9(5-11)7-14(20)16-8-10-6-12(19)2-4-15(10)21-16/h1-6,8,14,20H,7H2. The first-order valence-corrected chi connectivity index (χ1v) is 7.91. The molecule has 1 atom stereocenters. The predicted molar refractivity (Wildman–Crippen MR) is 86.9 cm³/mol. The molecule has 0 saturated carbocycles. The fourth-order valence-corrected chi connectivity index (χ4v) is 3.63. The zero-order chi connectivity index (χ0) is 15.0. The molecule has 0 bridgehead atoms. The Balaban J connectivity index is 1.89. The predicted octanol–water partition coefficient (Wildman–Crippen LogP) is 5.62. The smallest absolute Gasteiger partial charge is 0.123 e. The first-order chi connectivity index (χ1) is 10.0. The number of aliphatic hydroxyl groups excluding tert-OH is 1. The SMILES string of the molecule is OC(Cc1cc(Cl)ccc1Cl)c1cc2cc(F)ccc2s1. The number of hydrogen-bond donors (Lipinski definition) is 1. The molecule has 0 amide bonds. The van der Waals surface area contributed by atoms with Crippen LogP contribution in [0.1, 0.15) is 16.5 Å². The highest BCUT2D eigenvalue weighted by Crippen LogP contribution is 2.33. The van der Waals surface area contributed by atoms with Gasteiger partial charge in [-0.2, -0.15) is 0 Å².